The van der Waals surface area contributed by atoms with Gasteiger partial charge in [-0.1, -0.05) is 18.2 Å². The first-order chi connectivity index (χ1) is 18.4. The summed E-state index contributed by atoms with van der Waals surface area (Å²) >= 11 is 0. The number of carbonyl (C=O) groups is 3. The number of likely N-dealkylation sites (N-methyl/N-ethyl adjacent to an activating group) is 1. The minimum absolute atomic E-state index is 0.0258. The van der Waals surface area contributed by atoms with E-state index in [1.807, 2.05) is 19.1 Å². The Bertz CT molecular complexity index is 1470. The molecular weight excluding hydrogens is 504 g/mol. The van der Waals surface area contributed by atoms with Gasteiger partial charge in [0.2, 0.25) is 5.78 Å². The summed E-state index contributed by atoms with van der Waals surface area (Å²) < 4.78 is 5.52. The molecule has 1 amide bonds. The topological polar surface area (TPSA) is 171 Å². The van der Waals surface area contributed by atoms with Crippen LogP contribution in [0.1, 0.15) is 29.3 Å². The van der Waals surface area contributed by atoms with Crippen molar-refractivity contribution in [2.24, 2.45) is 17.6 Å². The first kappa shape index (κ1) is 26.5. The number of allylic oxidation sites excluding steroid dienone is 1. The Labute approximate surface area is 224 Å². The molecule has 0 radical (unpaired) electrons. The first-order valence-electron chi connectivity index (χ1n) is 12.7. The zero-order chi connectivity index (χ0) is 28.4. The summed E-state index contributed by atoms with van der Waals surface area (Å²) in [5, 5.41) is 44.7. The summed E-state index contributed by atoms with van der Waals surface area (Å²) in [7, 11) is 3.19. The molecule has 0 heterocycles. The number of rotatable bonds is 5. The molecule has 0 saturated carbocycles. The third-order valence-corrected chi connectivity index (χ3v) is 8.08. The van der Waals surface area contributed by atoms with Crippen LogP contribution in [0.4, 0.5) is 0 Å². The molecule has 0 saturated heterocycles. The van der Waals surface area contributed by atoms with Gasteiger partial charge in [-0.05, 0) is 74.7 Å². The number of nitrogens with two attached hydrogens (primary N) is 1. The lowest BCUT2D eigenvalue weighted by Gasteiger charge is -2.50. The molecule has 0 spiro atoms. The van der Waals surface area contributed by atoms with Crippen LogP contribution in [0.25, 0.3) is 11.1 Å². The number of amides is 1. The van der Waals surface area contributed by atoms with Crippen molar-refractivity contribution in [3.8, 4) is 22.6 Å². The molecule has 3 aliphatic rings. The van der Waals surface area contributed by atoms with E-state index in [0.29, 0.717) is 23.5 Å². The largest absolute Gasteiger partial charge is 0.510 e. The van der Waals surface area contributed by atoms with E-state index in [-0.39, 0.29) is 29.7 Å². The molecule has 0 unspecified atom stereocenters. The predicted molar refractivity (Wildman–Crippen MR) is 140 cm³/mol. The molecule has 10 heteroatoms. The maximum Gasteiger partial charge on any atom is 0.255 e. The lowest BCUT2D eigenvalue weighted by atomic mass is 9.58. The summed E-state index contributed by atoms with van der Waals surface area (Å²) in [6.07, 6.45) is 0.246. The minimum Gasteiger partial charge on any atom is -0.510 e. The Hall–Kier alpha value is -4.15. The van der Waals surface area contributed by atoms with Gasteiger partial charge in [0.05, 0.1) is 18.2 Å². The molecule has 5 rings (SSSR count). The number of ketones is 2. The Balaban J connectivity index is 1.68. The average Bonchev–Trinajstić information content (AvgIpc) is 2.87. The van der Waals surface area contributed by atoms with E-state index in [4.69, 9.17) is 10.5 Å². The molecule has 10 nitrogen and oxygen atoms in total. The van der Waals surface area contributed by atoms with Crippen LogP contribution in [0.2, 0.25) is 0 Å². The van der Waals surface area contributed by atoms with Crippen molar-refractivity contribution in [3.63, 3.8) is 0 Å². The van der Waals surface area contributed by atoms with Gasteiger partial charge in [-0.3, -0.25) is 19.3 Å². The van der Waals surface area contributed by atoms with Crippen LogP contribution in [-0.4, -0.2) is 75.1 Å². The first-order valence-corrected chi connectivity index (χ1v) is 12.7. The van der Waals surface area contributed by atoms with Gasteiger partial charge in [-0.15, -0.1) is 0 Å². The van der Waals surface area contributed by atoms with Gasteiger partial charge in [0.15, 0.2) is 11.4 Å². The fraction of sp³-hybridized carbons (Fsp3) is 0.345. The SMILES string of the molecule is CCOc1ccc(-c2ccc(O)c3c2C[C@H]2C[C@H]4[C@H](N(C)C)C(O)=C(C(N)=O)C(=O)[C@@]4(O)C(O)=C2C3=O)cc1. The van der Waals surface area contributed by atoms with Gasteiger partial charge in [0.1, 0.15) is 28.6 Å². The molecule has 204 valence electrons. The normalized spacial score (nSPS) is 26.3. The fourth-order valence-electron chi connectivity index (χ4n) is 6.42. The minimum atomic E-state index is -2.66. The molecule has 2 aromatic carbocycles. The Kier molecular flexibility index (Phi) is 6.27. The highest BCUT2D eigenvalue weighted by atomic mass is 16.5. The predicted octanol–water partition coefficient (Wildman–Crippen LogP) is 2.19. The van der Waals surface area contributed by atoms with Crippen molar-refractivity contribution in [3.05, 3.63) is 70.2 Å². The van der Waals surface area contributed by atoms with Crippen LogP contribution in [0.5, 0.6) is 11.5 Å². The van der Waals surface area contributed by atoms with Gasteiger partial charge in [0, 0.05) is 11.5 Å². The van der Waals surface area contributed by atoms with E-state index in [0.717, 1.165) is 5.56 Å². The van der Waals surface area contributed by atoms with E-state index in [1.54, 1.807) is 32.3 Å². The number of phenols is 1. The number of hydrogen-bond donors (Lipinski definition) is 5. The van der Waals surface area contributed by atoms with E-state index >= 15 is 0 Å². The van der Waals surface area contributed by atoms with Gasteiger partial charge >= 0.3 is 0 Å². The number of fused-ring (bicyclic) bond motifs is 3. The molecule has 6 N–H and O–H groups in total. The lowest BCUT2D eigenvalue weighted by molar-refractivity contribution is -0.148. The monoisotopic (exact) mass is 534 g/mol. The third kappa shape index (κ3) is 3.74. The number of aromatic hydroxyl groups is 1. The fourth-order valence-corrected chi connectivity index (χ4v) is 6.42. The van der Waals surface area contributed by atoms with Crippen molar-refractivity contribution in [1.29, 1.82) is 0 Å². The van der Waals surface area contributed by atoms with E-state index in [1.165, 1.54) is 11.0 Å². The van der Waals surface area contributed by atoms with Gasteiger partial charge < -0.3 is 30.9 Å². The molecule has 2 aromatic rings. The maximum atomic E-state index is 13.8. The Morgan fingerprint density at radius 2 is 1.77 bits per heavy atom. The highest BCUT2D eigenvalue weighted by molar-refractivity contribution is 6.24. The van der Waals surface area contributed by atoms with Crippen LogP contribution in [-0.2, 0) is 16.0 Å². The Morgan fingerprint density at radius 1 is 1.10 bits per heavy atom. The van der Waals surface area contributed by atoms with Crippen molar-refractivity contribution >= 4 is 17.5 Å². The average molecular weight is 535 g/mol. The van der Waals surface area contributed by atoms with Gasteiger partial charge in [0.25, 0.3) is 5.91 Å². The molecule has 0 aromatic heterocycles. The van der Waals surface area contributed by atoms with Crippen LogP contribution >= 0.6 is 0 Å². The number of aliphatic hydroxyl groups excluding tert-OH is 2. The van der Waals surface area contributed by atoms with Crippen molar-refractivity contribution in [2.45, 2.75) is 31.4 Å². The van der Waals surface area contributed by atoms with Crippen LogP contribution in [0, 0.1) is 11.8 Å². The zero-order valence-electron chi connectivity index (χ0n) is 21.8. The summed E-state index contributed by atoms with van der Waals surface area (Å²) in [6, 6.07) is 9.38. The molecule has 0 aliphatic heterocycles. The number of nitrogens with zero attached hydrogens (tertiary/aromatic N) is 1. The van der Waals surface area contributed by atoms with Gasteiger partial charge in [-0.2, -0.15) is 0 Å². The molecular formula is C29H30N2O8. The maximum absolute atomic E-state index is 13.8. The smallest absolute Gasteiger partial charge is 0.255 e. The molecule has 0 bridgehead atoms. The standard InChI is InChI=1S/C29H30N2O8/c1-4-39-15-7-5-13(6-8-15)16-9-10-19(32)21-17(16)11-14-12-18-23(31(2)3)25(34)22(28(30)37)27(36)29(18,38)26(35)20(14)24(21)33/h5-10,14,18,23,32,34-35,38H,4,11-12H2,1-3H3,(H2,30,37)/t14-,18-,23-,29-/m0/s1. The number of aliphatic hydroxyl groups is 3. The number of hydrogen-bond acceptors (Lipinski definition) is 9. The molecule has 3 aliphatic carbocycles. The number of Topliss-reactive ketones (excluding diaryl/α,β-unsaturated/α-hetero) is 2. The number of ether oxygens (including phenoxy) is 1. The summed E-state index contributed by atoms with van der Waals surface area (Å²) in [6.45, 7) is 2.39. The second-order valence-corrected chi connectivity index (χ2v) is 10.4. The molecule has 0 fully saturated rings. The van der Waals surface area contributed by atoms with Crippen LogP contribution in [0.15, 0.2) is 59.1 Å². The second kappa shape index (κ2) is 9.25. The quantitative estimate of drug-likeness (QED) is 0.361. The molecule has 39 heavy (non-hydrogen) atoms. The van der Waals surface area contributed by atoms with Crippen LogP contribution < -0.4 is 10.5 Å². The second-order valence-electron chi connectivity index (χ2n) is 10.4. The number of primary amides is 1. The van der Waals surface area contributed by atoms with E-state index in [2.05, 4.69) is 0 Å². The van der Waals surface area contributed by atoms with Gasteiger partial charge in [-0.25, -0.2) is 0 Å². The number of carbonyl (C=O) groups excluding carboxylic acids is 3. The summed E-state index contributed by atoms with van der Waals surface area (Å²) in [5.41, 5.74) is 3.73. The van der Waals surface area contributed by atoms with Crippen molar-refractivity contribution in [1.82, 2.24) is 4.90 Å². The third-order valence-electron chi connectivity index (χ3n) is 8.08. The highest BCUT2D eigenvalue weighted by Gasteiger charge is 2.63. The number of benzene rings is 2. The van der Waals surface area contributed by atoms with Crippen molar-refractivity contribution < 1.29 is 39.5 Å². The summed E-state index contributed by atoms with van der Waals surface area (Å²) in [5.74, 6) is -6.04. The zero-order valence-corrected chi connectivity index (χ0v) is 21.8. The van der Waals surface area contributed by atoms with E-state index < -0.39 is 58.0 Å². The number of phenolic OH excluding ortho intramolecular Hbond substituents is 1. The van der Waals surface area contributed by atoms with Crippen molar-refractivity contribution in [2.75, 3.05) is 20.7 Å². The van der Waals surface area contributed by atoms with Crippen LogP contribution in [0.3, 0.4) is 0 Å². The summed E-state index contributed by atoms with van der Waals surface area (Å²) in [4.78, 5) is 40.8. The lowest BCUT2D eigenvalue weighted by Crippen LogP contribution is -2.63. The Morgan fingerprint density at radius 3 is 2.36 bits per heavy atom. The van der Waals surface area contributed by atoms with E-state index in [9.17, 15) is 34.8 Å². The highest BCUT2D eigenvalue weighted by Crippen LogP contribution is 2.53. The molecule has 4 atom stereocenters.